The highest BCUT2D eigenvalue weighted by Crippen LogP contribution is 2.07. The summed E-state index contributed by atoms with van der Waals surface area (Å²) in [6, 6.07) is -0.163. The number of alkyl halides is 1. The number of hydrogen-bond donors (Lipinski definition) is 1. The predicted octanol–water partition coefficient (Wildman–Crippen LogP) is 3.38. The fourth-order valence-electron chi connectivity index (χ4n) is 1.06. The summed E-state index contributed by atoms with van der Waals surface area (Å²) in [4.78, 5) is 11.5. The monoisotopic (exact) mass is 319 g/mol. The SMILES string of the molecule is C=CC(C/C=C/OCCBr)NC(=O)OC(C)(C)C. The molecule has 1 N–H and O–H groups in total. The summed E-state index contributed by atoms with van der Waals surface area (Å²) in [5.74, 6) is 0. The third-order valence-electron chi connectivity index (χ3n) is 1.76. The lowest BCUT2D eigenvalue weighted by molar-refractivity contribution is 0.0515. The maximum absolute atomic E-state index is 11.5. The van der Waals surface area contributed by atoms with Gasteiger partial charge < -0.3 is 14.8 Å². The van der Waals surface area contributed by atoms with Crippen LogP contribution in [-0.4, -0.2) is 29.7 Å². The summed E-state index contributed by atoms with van der Waals surface area (Å²) in [5, 5.41) is 3.51. The molecule has 0 heterocycles. The fraction of sp³-hybridized carbons (Fsp3) is 0.615. The maximum atomic E-state index is 11.5. The molecule has 0 aromatic rings. The Morgan fingerprint density at radius 3 is 2.67 bits per heavy atom. The summed E-state index contributed by atoms with van der Waals surface area (Å²) in [5.41, 5.74) is -0.495. The van der Waals surface area contributed by atoms with Crippen LogP contribution in [0.3, 0.4) is 0 Å². The first-order chi connectivity index (χ1) is 8.39. The molecule has 0 aliphatic carbocycles. The first-order valence-electron chi connectivity index (χ1n) is 5.83. The molecular weight excluding hydrogens is 298 g/mol. The molecule has 0 rings (SSSR count). The normalized spacial score (nSPS) is 13.1. The Balaban J connectivity index is 4.00. The number of hydrogen-bond acceptors (Lipinski definition) is 3. The van der Waals surface area contributed by atoms with Gasteiger partial charge in [0, 0.05) is 5.33 Å². The Morgan fingerprint density at radius 1 is 1.50 bits per heavy atom. The zero-order valence-electron chi connectivity index (χ0n) is 11.2. The topological polar surface area (TPSA) is 47.6 Å². The minimum absolute atomic E-state index is 0.163. The first kappa shape index (κ1) is 17.0. The van der Waals surface area contributed by atoms with Crippen LogP contribution >= 0.6 is 15.9 Å². The van der Waals surface area contributed by atoms with E-state index in [-0.39, 0.29) is 6.04 Å². The zero-order chi connectivity index (χ0) is 14.0. The number of halogens is 1. The van der Waals surface area contributed by atoms with Gasteiger partial charge in [0.25, 0.3) is 0 Å². The van der Waals surface area contributed by atoms with Gasteiger partial charge in [-0.15, -0.1) is 6.58 Å². The van der Waals surface area contributed by atoms with E-state index in [4.69, 9.17) is 9.47 Å². The Hall–Kier alpha value is -0.970. The number of ether oxygens (including phenoxy) is 2. The van der Waals surface area contributed by atoms with Crippen molar-refractivity contribution in [3.05, 3.63) is 25.0 Å². The predicted molar refractivity (Wildman–Crippen MR) is 76.9 cm³/mol. The highest BCUT2D eigenvalue weighted by Gasteiger charge is 2.17. The highest BCUT2D eigenvalue weighted by atomic mass is 79.9. The second-order valence-electron chi connectivity index (χ2n) is 4.66. The van der Waals surface area contributed by atoms with Crippen LogP contribution in [0, 0.1) is 0 Å². The molecule has 0 aliphatic rings. The average Bonchev–Trinajstić information content (AvgIpc) is 2.24. The summed E-state index contributed by atoms with van der Waals surface area (Å²) in [6.45, 7) is 9.76. The van der Waals surface area contributed by atoms with Crippen molar-refractivity contribution in [2.45, 2.75) is 38.8 Å². The molecule has 0 saturated heterocycles. The molecule has 5 heteroatoms. The summed E-state index contributed by atoms with van der Waals surface area (Å²) < 4.78 is 10.3. The second-order valence-corrected chi connectivity index (χ2v) is 5.45. The molecule has 18 heavy (non-hydrogen) atoms. The first-order valence-corrected chi connectivity index (χ1v) is 6.96. The lowest BCUT2D eigenvalue weighted by Gasteiger charge is -2.21. The Morgan fingerprint density at radius 2 is 2.17 bits per heavy atom. The fourth-order valence-corrected chi connectivity index (χ4v) is 1.24. The average molecular weight is 320 g/mol. The molecule has 104 valence electrons. The van der Waals surface area contributed by atoms with Crippen LogP contribution in [0.4, 0.5) is 4.79 Å². The van der Waals surface area contributed by atoms with Crippen molar-refractivity contribution in [2.75, 3.05) is 11.9 Å². The van der Waals surface area contributed by atoms with Gasteiger partial charge in [0.05, 0.1) is 18.9 Å². The van der Waals surface area contributed by atoms with Gasteiger partial charge in [-0.2, -0.15) is 0 Å². The summed E-state index contributed by atoms with van der Waals surface area (Å²) in [7, 11) is 0. The number of nitrogens with one attached hydrogen (secondary N) is 1. The van der Waals surface area contributed by atoms with Crippen LogP contribution in [0.2, 0.25) is 0 Å². The number of carbonyl (C=O) groups excluding carboxylic acids is 1. The van der Waals surface area contributed by atoms with E-state index in [1.807, 2.05) is 26.8 Å². The van der Waals surface area contributed by atoms with Crippen molar-refractivity contribution in [2.24, 2.45) is 0 Å². The van der Waals surface area contributed by atoms with Crippen molar-refractivity contribution in [3.8, 4) is 0 Å². The van der Waals surface area contributed by atoms with Gasteiger partial charge in [-0.3, -0.25) is 0 Å². The van der Waals surface area contributed by atoms with Crippen molar-refractivity contribution in [1.82, 2.24) is 5.32 Å². The van der Waals surface area contributed by atoms with E-state index in [0.717, 1.165) is 5.33 Å². The molecule has 1 unspecified atom stereocenters. The van der Waals surface area contributed by atoms with Gasteiger partial charge in [-0.1, -0.05) is 22.0 Å². The molecule has 1 amide bonds. The van der Waals surface area contributed by atoms with Crippen LogP contribution in [-0.2, 0) is 9.47 Å². The molecule has 4 nitrogen and oxygen atoms in total. The number of amides is 1. The number of carbonyl (C=O) groups is 1. The van der Waals surface area contributed by atoms with Crippen molar-refractivity contribution >= 4 is 22.0 Å². The van der Waals surface area contributed by atoms with Gasteiger partial charge >= 0.3 is 6.09 Å². The molecule has 0 fully saturated rings. The molecule has 0 aromatic carbocycles. The lowest BCUT2D eigenvalue weighted by Crippen LogP contribution is -2.37. The van der Waals surface area contributed by atoms with E-state index < -0.39 is 11.7 Å². The molecule has 0 spiro atoms. The molecular formula is C13H22BrNO3. The molecule has 0 aromatic heterocycles. The van der Waals surface area contributed by atoms with E-state index >= 15 is 0 Å². The van der Waals surface area contributed by atoms with Crippen LogP contribution < -0.4 is 5.32 Å². The molecule has 0 bridgehead atoms. The van der Waals surface area contributed by atoms with Crippen molar-refractivity contribution < 1.29 is 14.3 Å². The Labute approximate surface area is 118 Å². The van der Waals surface area contributed by atoms with E-state index in [1.54, 1.807) is 12.3 Å². The van der Waals surface area contributed by atoms with E-state index in [0.29, 0.717) is 13.0 Å². The highest BCUT2D eigenvalue weighted by molar-refractivity contribution is 9.09. The molecule has 1 atom stereocenters. The molecule has 0 radical (unpaired) electrons. The minimum Gasteiger partial charge on any atom is -0.501 e. The third-order valence-corrected chi connectivity index (χ3v) is 2.09. The smallest absolute Gasteiger partial charge is 0.408 e. The van der Waals surface area contributed by atoms with E-state index in [9.17, 15) is 4.79 Å². The quantitative estimate of drug-likeness (QED) is 0.339. The summed E-state index contributed by atoms with van der Waals surface area (Å²) >= 11 is 3.26. The van der Waals surface area contributed by atoms with Gasteiger partial charge in [0.15, 0.2) is 0 Å². The number of rotatable bonds is 7. The second kappa shape index (κ2) is 9.03. The minimum atomic E-state index is -0.495. The largest absolute Gasteiger partial charge is 0.501 e. The van der Waals surface area contributed by atoms with Gasteiger partial charge in [0.2, 0.25) is 0 Å². The Bertz CT molecular complexity index is 284. The molecule has 0 aliphatic heterocycles. The molecule has 0 saturated carbocycles. The summed E-state index contributed by atoms with van der Waals surface area (Å²) in [6.07, 6.45) is 5.30. The Kier molecular flexibility index (Phi) is 8.54. The standard InChI is InChI=1S/C13H22BrNO3/c1-5-11(7-6-9-17-10-8-14)15-12(16)18-13(2,3)4/h5-6,9,11H,1,7-8,10H2,2-4H3,(H,15,16)/b9-6+. The van der Waals surface area contributed by atoms with Crippen molar-refractivity contribution in [1.29, 1.82) is 0 Å². The van der Waals surface area contributed by atoms with Crippen molar-refractivity contribution in [3.63, 3.8) is 0 Å². The van der Waals surface area contributed by atoms with Crippen LogP contribution in [0.5, 0.6) is 0 Å². The van der Waals surface area contributed by atoms with E-state index in [1.165, 1.54) is 0 Å². The lowest BCUT2D eigenvalue weighted by atomic mass is 10.2. The van der Waals surface area contributed by atoms with Gasteiger partial charge in [0.1, 0.15) is 5.60 Å². The van der Waals surface area contributed by atoms with Crippen LogP contribution in [0.15, 0.2) is 25.0 Å². The van der Waals surface area contributed by atoms with E-state index in [2.05, 4.69) is 27.8 Å². The van der Waals surface area contributed by atoms with Gasteiger partial charge in [-0.05, 0) is 33.3 Å². The van der Waals surface area contributed by atoms with Crippen LogP contribution in [0.25, 0.3) is 0 Å². The number of alkyl carbamates (subject to hydrolysis) is 1. The third kappa shape index (κ3) is 10.2. The maximum Gasteiger partial charge on any atom is 0.408 e. The zero-order valence-corrected chi connectivity index (χ0v) is 12.8. The van der Waals surface area contributed by atoms with Gasteiger partial charge in [-0.25, -0.2) is 4.79 Å². The van der Waals surface area contributed by atoms with Crippen LogP contribution in [0.1, 0.15) is 27.2 Å².